The molecule has 1 heterocycles. The van der Waals surface area contributed by atoms with Crippen LogP contribution in [0.2, 0.25) is 10.0 Å². The second-order valence-corrected chi connectivity index (χ2v) is 8.87. The summed E-state index contributed by atoms with van der Waals surface area (Å²) in [4.78, 5) is 14.2. The van der Waals surface area contributed by atoms with Crippen molar-refractivity contribution in [2.45, 2.75) is 5.75 Å². The van der Waals surface area contributed by atoms with Gasteiger partial charge in [-0.2, -0.15) is 4.31 Å². The summed E-state index contributed by atoms with van der Waals surface area (Å²) in [5, 5.41) is 0.755. The average molecular weight is 413 g/mol. The minimum atomic E-state index is -3.41. The van der Waals surface area contributed by atoms with E-state index in [1.54, 1.807) is 29.2 Å². The SMILES string of the molecule is O=C(c1ccc(Cl)cc1Cl)N1CCN(S(=O)(=O)Cc2ccccc2)CC1. The van der Waals surface area contributed by atoms with Gasteiger partial charge >= 0.3 is 0 Å². The minimum absolute atomic E-state index is 0.0369. The topological polar surface area (TPSA) is 57.7 Å². The lowest BCUT2D eigenvalue weighted by atomic mass is 10.2. The number of halogens is 2. The number of amides is 1. The number of benzene rings is 2. The molecule has 1 aliphatic rings. The van der Waals surface area contributed by atoms with Gasteiger partial charge in [-0.25, -0.2) is 8.42 Å². The summed E-state index contributed by atoms with van der Waals surface area (Å²) in [7, 11) is -3.41. The lowest BCUT2D eigenvalue weighted by molar-refractivity contribution is 0.0698. The van der Waals surface area contributed by atoms with Crippen molar-refractivity contribution in [3.63, 3.8) is 0 Å². The Hall–Kier alpha value is -1.60. The van der Waals surface area contributed by atoms with Crippen molar-refractivity contribution in [3.8, 4) is 0 Å². The zero-order valence-electron chi connectivity index (χ0n) is 13.9. The number of carbonyl (C=O) groups is 1. The number of sulfonamides is 1. The molecule has 8 heteroatoms. The number of piperazine rings is 1. The molecule has 1 fully saturated rings. The van der Waals surface area contributed by atoms with Crippen LogP contribution >= 0.6 is 23.2 Å². The normalized spacial score (nSPS) is 15.8. The molecule has 2 aromatic carbocycles. The van der Waals surface area contributed by atoms with Gasteiger partial charge in [0, 0.05) is 31.2 Å². The summed E-state index contributed by atoms with van der Waals surface area (Å²) >= 11 is 12.0. The Kier molecular flexibility index (Phi) is 5.87. The Bertz CT molecular complexity index is 896. The second-order valence-electron chi connectivity index (χ2n) is 6.06. The summed E-state index contributed by atoms with van der Waals surface area (Å²) < 4.78 is 26.6. The largest absolute Gasteiger partial charge is 0.336 e. The summed E-state index contributed by atoms with van der Waals surface area (Å²) in [6.45, 7) is 1.19. The van der Waals surface area contributed by atoms with Crippen molar-refractivity contribution in [1.29, 1.82) is 0 Å². The van der Waals surface area contributed by atoms with Crippen LogP contribution in [0.15, 0.2) is 48.5 Å². The predicted octanol–water partition coefficient (Wildman–Crippen LogP) is 3.28. The van der Waals surface area contributed by atoms with Crippen LogP contribution in [0, 0.1) is 0 Å². The first-order chi connectivity index (χ1) is 12.4. The van der Waals surface area contributed by atoms with Gasteiger partial charge < -0.3 is 4.90 Å². The van der Waals surface area contributed by atoms with Gasteiger partial charge in [0.1, 0.15) is 0 Å². The number of hydrogen-bond acceptors (Lipinski definition) is 3. The summed E-state index contributed by atoms with van der Waals surface area (Å²) in [6.07, 6.45) is 0. The first-order valence-electron chi connectivity index (χ1n) is 8.13. The molecule has 3 rings (SSSR count). The average Bonchev–Trinajstić information content (AvgIpc) is 2.62. The molecule has 1 aliphatic heterocycles. The monoisotopic (exact) mass is 412 g/mol. The molecule has 5 nitrogen and oxygen atoms in total. The second kappa shape index (κ2) is 7.96. The molecule has 138 valence electrons. The fourth-order valence-electron chi connectivity index (χ4n) is 2.88. The minimum Gasteiger partial charge on any atom is -0.336 e. The van der Waals surface area contributed by atoms with Crippen LogP contribution in [0.25, 0.3) is 0 Å². The molecule has 0 N–H and O–H groups in total. The van der Waals surface area contributed by atoms with Gasteiger partial charge in [0.15, 0.2) is 0 Å². The molecule has 0 radical (unpaired) electrons. The standard InChI is InChI=1S/C18H18Cl2N2O3S/c19-15-6-7-16(17(20)12-15)18(23)21-8-10-22(11-9-21)26(24,25)13-14-4-2-1-3-5-14/h1-7,12H,8-11,13H2. The molecular formula is C18H18Cl2N2O3S. The van der Waals surface area contributed by atoms with Gasteiger partial charge in [0.25, 0.3) is 5.91 Å². The Morgan fingerprint density at radius 3 is 2.23 bits per heavy atom. The highest BCUT2D eigenvalue weighted by Gasteiger charge is 2.29. The highest BCUT2D eigenvalue weighted by Crippen LogP contribution is 2.23. The molecular weight excluding hydrogens is 395 g/mol. The molecule has 0 aliphatic carbocycles. The maximum absolute atomic E-state index is 12.6. The Morgan fingerprint density at radius 2 is 1.62 bits per heavy atom. The van der Waals surface area contributed by atoms with Gasteiger partial charge in [0.05, 0.1) is 16.3 Å². The van der Waals surface area contributed by atoms with E-state index >= 15 is 0 Å². The summed E-state index contributed by atoms with van der Waals surface area (Å²) in [6, 6.07) is 13.8. The Labute approximate surface area is 163 Å². The van der Waals surface area contributed by atoms with Crippen LogP contribution in [-0.4, -0.2) is 49.7 Å². The molecule has 0 aromatic heterocycles. The van der Waals surface area contributed by atoms with E-state index in [9.17, 15) is 13.2 Å². The molecule has 0 atom stereocenters. The smallest absolute Gasteiger partial charge is 0.255 e. The predicted molar refractivity (Wildman–Crippen MR) is 103 cm³/mol. The van der Waals surface area contributed by atoms with E-state index in [4.69, 9.17) is 23.2 Å². The van der Waals surface area contributed by atoms with Crippen molar-refractivity contribution in [3.05, 3.63) is 69.7 Å². The number of nitrogens with zero attached hydrogens (tertiary/aromatic N) is 2. The van der Waals surface area contributed by atoms with Gasteiger partial charge in [0.2, 0.25) is 10.0 Å². The maximum Gasteiger partial charge on any atom is 0.255 e. The van der Waals surface area contributed by atoms with E-state index < -0.39 is 10.0 Å². The molecule has 0 spiro atoms. The van der Waals surface area contributed by atoms with E-state index in [0.717, 1.165) is 5.56 Å². The maximum atomic E-state index is 12.6. The van der Waals surface area contributed by atoms with Crippen molar-refractivity contribution in [2.75, 3.05) is 26.2 Å². The van der Waals surface area contributed by atoms with Gasteiger partial charge in [-0.05, 0) is 23.8 Å². The van der Waals surface area contributed by atoms with Crippen LogP contribution in [-0.2, 0) is 15.8 Å². The summed E-state index contributed by atoms with van der Waals surface area (Å²) in [5.74, 6) is -0.253. The van der Waals surface area contributed by atoms with Crippen LogP contribution in [0.4, 0.5) is 0 Å². The third-order valence-electron chi connectivity index (χ3n) is 4.27. The number of carbonyl (C=O) groups excluding carboxylic acids is 1. The van der Waals surface area contributed by atoms with Crippen molar-refractivity contribution < 1.29 is 13.2 Å². The van der Waals surface area contributed by atoms with Gasteiger partial charge in [-0.15, -0.1) is 0 Å². The van der Waals surface area contributed by atoms with Crippen LogP contribution in [0.5, 0.6) is 0 Å². The van der Waals surface area contributed by atoms with Gasteiger partial charge in [-0.3, -0.25) is 4.79 Å². The Balaban J connectivity index is 1.64. The van der Waals surface area contributed by atoms with E-state index in [2.05, 4.69) is 0 Å². The van der Waals surface area contributed by atoms with E-state index in [0.29, 0.717) is 28.7 Å². The fourth-order valence-corrected chi connectivity index (χ4v) is 4.88. The summed E-state index contributed by atoms with van der Waals surface area (Å²) in [5.41, 5.74) is 1.12. The molecule has 1 amide bonds. The molecule has 0 unspecified atom stereocenters. The highest BCUT2D eigenvalue weighted by molar-refractivity contribution is 7.88. The lowest BCUT2D eigenvalue weighted by Crippen LogP contribution is -2.50. The quantitative estimate of drug-likeness (QED) is 0.773. The molecule has 0 bridgehead atoms. The van der Waals surface area contributed by atoms with Crippen molar-refractivity contribution in [2.24, 2.45) is 0 Å². The van der Waals surface area contributed by atoms with Crippen LogP contribution < -0.4 is 0 Å². The van der Waals surface area contributed by atoms with Gasteiger partial charge in [-0.1, -0.05) is 53.5 Å². The van der Waals surface area contributed by atoms with Crippen molar-refractivity contribution in [1.82, 2.24) is 9.21 Å². The third kappa shape index (κ3) is 4.38. The highest BCUT2D eigenvalue weighted by atomic mass is 35.5. The molecule has 26 heavy (non-hydrogen) atoms. The van der Waals surface area contributed by atoms with Crippen LogP contribution in [0.1, 0.15) is 15.9 Å². The fraction of sp³-hybridized carbons (Fsp3) is 0.278. The molecule has 2 aromatic rings. The van der Waals surface area contributed by atoms with E-state index in [1.807, 2.05) is 18.2 Å². The number of rotatable bonds is 4. The van der Waals surface area contributed by atoms with E-state index in [-0.39, 0.29) is 24.7 Å². The van der Waals surface area contributed by atoms with Crippen LogP contribution in [0.3, 0.4) is 0 Å². The third-order valence-corrected chi connectivity index (χ3v) is 6.67. The molecule has 0 saturated carbocycles. The zero-order valence-corrected chi connectivity index (χ0v) is 16.3. The lowest BCUT2D eigenvalue weighted by Gasteiger charge is -2.34. The first-order valence-corrected chi connectivity index (χ1v) is 10.5. The first kappa shape index (κ1) is 19.2. The van der Waals surface area contributed by atoms with E-state index in [1.165, 1.54) is 10.4 Å². The zero-order chi connectivity index (χ0) is 18.7. The van der Waals surface area contributed by atoms with Crippen molar-refractivity contribution >= 4 is 39.1 Å². The molecule has 1 saturated heterocycles. The number of hydrogen-bond donors (Lipinski definition) is 0. The Morgan fingerprint density at radius 1 is 0.962 bits per heavy atom.